The van der Waals surface area contributed by atoms with Gasteiger partial charge in [-0.2, -0.15) is 0 Å². The van der Waals surface area contributed by atoms with Crippen molar-refractivity contribution in [1.29, 1.82) is 0 Å². The van der Waals surface area contributed by atoms with Crippen LogP contribution in [-0.4, -0.2) is 7.11 Å². The molecule has 1 aliphatic carbocycles. The monoisotopic (exact) mass is 242 g/mol. The van der Waals surface area contributed by atoms with E-state index in [0.717, 1.165) is 29.9 Å². The first-order valence-electron chi connectivity index (χ1n) is 6.59. The molecule has 1 aromatic heterocycles. The van der Waals surface area contributed by atoms with Gasteiger partial charge < -0.3 is 9.15 Å². The molecule has 1 aliphatic rings. The smallest absolute Gasteiger partial charge is 0.134 e. The van der Waals surface area contributed by atoms with Crippen LogP contribution in [0, 0.1) is 0 Å². The van der Waals surface area contributed by atoms with Gasteiger partial charge in [0.15, 0.2) is 0 Å². The third-order valence-corrected chi connectivity index (χ3v) is 3.65. The zero-order valence-corrected chi connectivity index (χ0v) is 10.7. The number of methoxy groups -OCH3 is 1. The van der Waals surface area contributed by atoms with Crippen LogP contribution in [0.3, 0.4) is 0 Å². The van der Waals surface area contributed by atoms with Crippen molar-refractivity contribution < 1.29 is 9.15 Å². The van der Waals surface area contributed by atoms with Crippen LogP contribution in [0.25, 0.3) is 11.3 Å². The molecule has 0 spiro atoms. The molecule has 0 N–H and O–H groups in total. The summed E-state index contributed by atoms with van der Waals surface area (Å²) >= 11 is 0. The molecule has 0 radical (unpaired) electrons. The van der Waals surface area contributed by atoms with E-state index in [9.17, 15) is 0 Å². The third kappa shape index (κ3) is 2.08. The molecule has 18 heavy (non-hydrogen) atoms. The van der Waals surface area contributed by atoms with Crippen LogP contribution >= 0.6 is 0 Å². The fourth-order valence-electron chi connectivity index (χ4n) is 2.67. The Kier molecular flexibility index (Phi) is 3.20. The van der Waals surface area contributed by atoms with E-state index in [2.05, 4.69) is 18.2 Å². The van der Waals surface area contributed by atoms with Crippen molar-refractivity contribution in [1.82, 2.24) is 0 Å². The molecule has 0 fully saturated rings. The molecule has 1 atom stereocenters. The Morgan fingerprint density at radius 1 is 1.17 bits per heavy atom. The zero-order valence-electron chi connectivity index (χ0n) is 10.7. The molecule has 2 aromatic rings. The number of furan rings is 1. The fraction of sp³-hybridized carbons (Fsp3) is 0.375. The topological polar surface area (TPSA) is 22.4 Å². The van der Waals surface area contributed by atoms with Crippen LogP contribution in [-0.2, 0) is 11.2 Å². The Labute approximate surface area is 108 Å². The summed E-state index contributed by atoms with van der Waals surface area (Å²) in [4.78, 5) is 0. The van der Waals surface area contributed by atoms with Crippen molar-refractivity contribution in [3.8, 4) is 11.3 Å². The van der Waals surface area contributed by atoms with Crippen LogP contribution in [0.1, 0.15) is 36.7 Å². The quantitative estimate of drug-likeness (QED) is 0.730. The maximum Gasteiger partial charge on any atom is 0.134 e. The van der Waals surface area contributed by atoms with E-state index in [1.165, 1.54) is 18.4 Å². The minimum Gasteiger partial charge on any atom is -0.461 e. The Hall–Kier alpha value is -1.54. The Morgan fingerprint density at radius 2 is 2.00 bits per heavy atom. The highest BCUT2D eigenvalue weighted by atomic mass is 16.5. The molecule has 0 saturated carbocycles. The second-order valence-electron chi connectivity index (χ2n) is 4.83. The summed E-state index contributed by atoms with van der Waals surface area (Å²) < 4.78 is 11.6. The minimum absolute atomic E-state index is 0.198. The summed E-state index contributed by atoms with van der Waals surface area (Å²) in [5.41, 5.74) is 2.38. The van der Waals surface area contributed by atoms with Gasteiger partial charge in [-0.25, -0.2) is 0 Å². The van der Waals surface area contributed by atoms with Gasteiger partial charge in [-0.15, -0.1) is 0 Å². The molecule has 2 nitrogen and oxygen atoms in total. The van der Waals surface area contributed by atoms with E-state index >= 15 is 0 Å². The summed E-state index contributed by atoms with van der Waals surface area (Å²) in [6, 6.07) is 12.4. The summed E-state index contributed by atoms with van der Waals surface area (Å²) in [5, 5.41) is 0. The molecule has 0 aliphatic heterocycles. The van der Waals surface area contributed by atoms with Gasteiger partial charge in [0.1, 0.15) is 11.5 Å². The third-order valence-electron chi connectivity index (χ3n) is 3.65. The number of benzene rings is 1. The largest absolute Gasteiger partial charge is 0.461 e. The molecule has 2 heteroatoms. The van der Waals surface area contributed by atoms with Gasteiger partial charge in [0.05, 0.1) is 6.10 Å². The van der Waals surface area contributed by atoms with Crippen molar-refractivity contribution in [3.63, 3.8) is 0 Å². The van der Waals surface area contributed by atoms with Gasteiger partial charge >= 0.3 is 0 Å². The predicted octanol–water partition coefficient (Wildman–Crippen LogP) is 4.36. The first kappa shape index (κ1) is 11.5. The van der Waals surface area contributed by atoms with Crippen molar-refractivity contribution in [2.75, 3.05) is 7.11 Å². The first-order chi connectivity index (χ1) is 8.88. The molecule has 0 amide bonds. The van der Waals surface area contributed by atoms with Crippen LogP contribution < -0.4 is 0 Å². The SMILES string of the molecule is CO[C@H]1CCCCc2oc(-c3ccccc3)cc21. The highest BCUT2D eigenvalue weighted by Crippen LogP contribution is 2.36. The Balaban J connectivity index is 2.01. The predicted molar refractivity (Wildman–Crippen MR) is 71.4 cm³/mol. The van der Waals surface area contributed by atoms with Gasteiger partial charge in [0.25, 0.3) is 0 Å². The molecule has 0 unspecified atom stereocenters. The standard InChI is InChI=1S/C16H18O2/c1-17-14-9-5-6-10-15-13(14)11-16(18-15)12-7-3-2-4-8-12/h2-4,7-8,11,14H,5-6,9-10H2,1H3/t14-/m0/s1. The van der Waals surface area contributed by atoms with Crippen LogP contribution in [0.15, 0.2) is 40.8 Å². The average Bonchev–Trinajstić information content (AvgIpc) is 2.75. The van der Waals surface area contributed by atoms with Crippen molar-refractivity contribution in [2.45, 2.75) is 31.8 Å². The summed E-state index contributed by atoms with van der Waals surface area (Å²) in [5.74, 6) is 2.07. The highest BCUT2D eigenvalue weighted by molar-refractivity contribution is 5.59. The lowest BCUT2D eigenvalue weighted by molar-refractivity contribution is 0.0948. The molecule has 0 bridgehead atoms. The number of hydrogen-bond donors (Lipinski definition) is 0. The molecule has 1 heterocycles. The van der Waals surface area contributed by atoms with E-state index in [4.69, 9.17) is 9.15 Å². The maximum absolute atomic E-state index is 6.02. The summed E-state index contributed by atoms with van der Waals surface area (Å²) in [7, 11) is 1.79. The summed E-state index contributed by atoms with van der Waals surface area (Å²) in [6.07, 6.45) is 4.72. The number of aryl methyl sites for hydroxylation is 1. The first-order valence-corrected chi connectivity index (χ1v) is 6.59. The van der Waals surface area contributed by atoms with E-state index in [-0.39, 0.29) is 6.10 Å². The van der Waals surface area contributed by atoms with Crippen molar-refractivity contribution in [3.05, 3.63) is 47.7 Å². The maximum atomic E-state index is 6.02. The van der Waals surface area contributed by atoms with E-state index in [1.807, 2.05) is 18.2 Å². The second-order valence-corrected chi connectivity index (χ2v) is 4.83. The minimum atomic E-state index is 0.198. The van der Waals surface area contributed by atoms with Crippen LogP contribution in [0.5, 0.6) is 0 Å². The van der Waals surface area contributed by atoms with Gasteiger partial charge in [-0.1, -0.05) is 36.8 Å². The van der Waals surface area contributed by atoms with E-state index in [1.54, 1.807) is 7.11 Å². The number of ether oxygens (including phenoxy) is 1. The number of rotatable bonds is 2. The number of hydrogen-bond acceptors (Lipinski definition) is 2. The lowest BCUT2D eigenvalue weighted by atomic mass is 10.1. The second kappa shape index (κ2) is 4.99. The van der Waals surface area contributed by atoms with E-state index in [0.29, 0.717) is 0 Å². The molecular formula is C16H18O2. The average molecular weight is 242 g/mol. The summed E-state index contributed by atoms with van der Waals surface area (Å²) in [6.45, 7) is 0. The Morgan fingerprint density at radius 3 is 2.78 bits per heavy atom. The van der Waals surface area contributed by atoms with Gasteiger partial charge in [-0.05, 0) is 18.9 Å². The lowest BCUT2D eigenvalue weighted by Crippen LogP contribution is -1.99. The molecule has 3 rings (SSSR count). The molecule has 1 aromatic carbocycles. The van der Waals surface area contributed by atoms with Crippen molar-refractivity contribution in [2.24, 2.45) is 0 Å². The van der Waals surface area contributed by atoms with Gasteiger partial charge in [0, 0.05) is 24.7 Å². The van der Waals surface area contributed by atoms with Crippen LogP contribution in [0.4, 0.5) is 0 Å². The zero-order chi connectivity index (χ0) is 12.4. The van der Waals surface area contributed by atoms with Gasteiger partial charge in [-0.3, -0.25) is 0 Å². The fourth-order valence-corrected chi connectivity index (χ4v) is 2.67. The van der Waals surface area contributed by atoms with E-state index < -0.39 is 0 Å². The lowest BCUT2D eigenvalue weighted by Gasteiger charge is -2.11. The van der Waals surface area contributed by atoms with Crippen LogP contribution in [0.2, 0.25) is 0 Å². The molecule has 94 valence electrons. The number of fused-ring (bicyclic) bond motifs is 1. The molecule has 0 saturated heterocycles. The highest BCUT2D eigenvalue weighted by Gasteiger charge is 2.22. The van der Waals surface area contributed by atoms with Crippen molar-refractivity contribution >= 4 is 0 Å². The Bertz CT molecular complexity index is 513. The van der Waals surface area contributed by atoms with Gasteiger partial charge in [0.2, 0.25) is 0 Å². The normalized spacial score (nSPS) is 19.3. The molecular weight excluding hydrogens is 224 g/mol.